The number of rotatable bonds is 1. The first-order chi connectivity index (χ1) is 6.57. The van der Waals surface area contributed by atoms with Gasteiger partial charge in [-0.25, -0.2) is 0 Å². The Labute approximate surface area is 87.3 Å². The topological polar surface area (TPSA) is 23.5 Å². The average Bonchev–Trinajstić information content (AvgIpc) is 2.16. The van der Waals surface area contributed by atoms with Crippen molar-refractivity contribution in [3.05, 3.63) is 0 Å². The Morgan fingerprint density at radius 3 is 2.36 bits per heavy atom. The van der Waals surface area contributed by atoms with Crippen LogP contribution < -0.4 is 0 Å². The molecule has 1 fully saturated rings. The van der Waals surface area contributed by atoms with E-state index < -0.39 is 5.60 Å². The number of hydrogen-bond acceptors (Lipinski definition) is 2. The Morgan fingerprint density at radius 2 is 1.93 bits per heavy atom. The lowest BCUT2D eigenvalue weighted by atomic mass is 9.91. The van der Waals surface area contributed by atoms with Crippen LogP contribution in [-0.4, -0.2) is 34.7 Å². The second kappa shape index (κ2) is 4.82. The van der Waals surface area contributed by atoms with Gasteiger partial charge >= 0.3 is 0 Å². The van der Waals surface area contributed by atoms with Crippen molar-refractivity contribution in [2.24, 2.45) is 0 Å². The maximum Gasteiger partial charge on any atom is 0.127 e. The lowest BCUT2D eigenvalue weighted by Gasteiger charge is -2.37. The maximum absolute atomic E-state index is 10.1. The molecule has 0 amide bonds. The van der Waals surface area contributed by atoms with Crippen LogP contribution in [0.1, 0.15) is 40.0 Å². The molecular formula is C12H21NO. The minimum atomic E-state index is -0.707. The van der Waals surface area contributed by atoms with Crippen molar-refractivity contribution in [1.29, 1.82) is 0 Å². The molecule has 14 heavy (non-hydrogen) atoms. The second-order valence-electron chi connectivity index (χ2n) is 4.32. The summed E-state index contributed by atoms with van der Waals surface area (Å²) < 4.78 is 0. The smallest absolute Gasteiger partial charge is 0.127 e. The summed E-state index contributed by atoms with van der Waals surface area (Å²) in [5, 5.41) is 10.1. The Balaban J connectivity index is 2.49. The Hall–Kier alpha value is -0.520. The van der Waals surface area contributed by atoms with E-state index >= 15 is 0 Å². The molecule has 1 aliphatic heterocycles. The predicted octanol–water partition coefficient (Wildman–Crippen LogP) is 1.64. The molecule has 2 nitrogen and oxygen atoms in total. The maximum atomic E-state index is 10.1. The normalized spacial score (nSPS) is 21.8. The molecule has 0 aromatic rings. The molecule has 1 saturated heterocycles. The van der Waals surface area contributed by atoms with Crippen molar-refractivity contribution in [2.45, 2.75) is 51.7 Å². The van der Waals surface area contributed by atoms with Crippen LogP contribution in [0.25, 0.3) is 0 Å². The van der Waals surface area contributed by atoms with E-state index in [1.165, 1.54) is 0 Å². The highest BCUT2D eigenvalue weighted by atomic mass is 16.3. The van der Waals surface area contributed by atoms with Gasteiger partial charge in [0.25, 0.3) is 0 Å². The standard InChI is InChI=1S/C12H21NO/c1-4-5-6-12(14)7-9-13(10-8-12)11(2)3/h11,14H,4,7-10H2,1-3H3. The first-order valence-electron chi connectivity index (χ1n) is 5.54. The summed E-state index contributed by atoms with van der Waals surface area (Å²) in [5.41, 5.74) is -0.707. The first-order valence-corrected chi connectivity index (χ1v) is 5.54. The summed E-state index contributed by atoms with van der Waals surface area (Å²) in [6.45, 7) is 8.34. The van der Waals surface area contributed by atoms with Gasteiger partial charge in [0.05, 0.1) is 0 Å². The number of likely N-dealkylation sites (tertiary alicyclic amines) is 1. The molecule has 0 bridgehead atoms. The number of piperidine rings is 1. The van der Waals surface area contributed by atoms with E-state index in [2.05, 4.69) is 30.6 Å². The Bertz CT molecular complexity index is 228. The molecule has 1 aliphatic rings. The zero-order chi connectivity index (χ0) is 10.6. The number of aliphatic hydroxyl groups is 1. The minimum absolute atomic E-state index is 0.582. The number of nitrogens with zero attached hydrogens (tertiary/aromatic N) is 1. The van der Waals surface area contributed by atoms with Gasteiger partial charge in [-0.2, -0.15) is 0 Å². The van der Waals surface area contributed by atoms with E-state index in [1.54, 1.807) is 0 Å². The van der Waals surface area contributed by atoms with Crippen LogP contribution in [0.4, 0.5) is 0 Å². The second-order valence-corrected chi connectivity index (χ2v) is 4.32. The molecule has 0 aromatic carbocycles. The molecule has 80 valence electrons. The fourth-order valence-electron chi connectivity index (χ4n) is 1.79. The molecule has 0 radical (unpaired) electrons. The SMILES string of the molecule is CCC#CC1(O)CCN(C(C)C)CC1. The largest absolute Gasteiger partial charge is 0.378 e. The van der Waals surface area contributed by atoms with E-state index in [0.717, 1.165) is 32.4 Å². The molecule has 0 saturated carbocycles. The Kier molecular flexibility index (Phi) is 3.97. The van der Waals surface area contributed by atoms with Gasteiger partial charge in [0.1, 0.15) is 5.60 Å². The molecular weight excluding hydrogens is 174 g/mol. The van der Waals surface area contributed by atoms with Crippen LogP contribution in [0.15, 0.2) is 0 Å². The molecule has 1 N–H and O–H groups in total. The van der Waals surface area contributed by atoms with Gasteiger partial charge in [-0.15, -0.1) is 5.92 Å². The lowest BCUT2D eigenvalue weighted by Crippen LogP contribution is -2.46. The highest BCUT2D eigenvalue weighted by Gasteiger charge is 2.30. The molecule has 2 heteroatoms. The van der Waals surface area contributed by atoms with Gasteiger partial charge in [0, 0.05) is 38.4 Å². The highest BCUT2D eigenvalue weighted by Crippen LogP contribution is 2.22. The monoisotopic (exact) mass is 195 g/mol. The molecule has 1 heterocycles. The van der Waals surface area contributed by atoms with Gasteiger partial charge < -0.3 is 10.0 Å². The van der Waals surface area contributed by atoms with Crippen molar-refractivity contribution in [3.63, 3.8) is 0 Å². The quantitative estimate of drug-likeness (QED) is 0.643. The third kappa shape index (κ3) is 3.01. The summed E-state index contributed by atoms with van der Waals surface area (Å²) >= 11 is 0. The van der Waals surface area contributed by atoms with Crippen molar-refractivity contribution in [3.8, 4) is 11.8 Å². The highest BCUT2D eigenvalue weighted by molar-refractivity contribution is 5.14. The summed E-state index contributed by atoms with van der Waals surface area (Å²) in [7, 11) is 0. The van der Waals surface area contributed by atoms with Crippen molar-refractivity contribution >= 4 is 0 Å². The lowest BCUT2D eigenvalue weighted by molar-refractivity contribution is 0.0177. The zero-order valence-corrected chi connectivity index (χ0v) is 9.51. The van der Waals surface area contributed by atoms with Gasteiger partial charge in [0.15, 0.2) is 0 Å². The van der Waals surface area contributed by atoms with Crippen molar-refractivity contribution in [2.75, 3.05) is 13.1 Å². The molecule has 1 rings (SSSR count). The molecule has 0 aliphatic carbocycles. The molecule has 0 unspecified atom stereocenters. The third-order valence-corrected chi connectivity index (χ3v) is 2.85. The van der Waals surface area contributed by atoms with E-state index in [-0.39, 0.29) is 0 Å². The summed E-state index contributed by atoms with van der Waals surface area (Å²) in [6.07, 6.45) is 2.41. The van der Waals surface area contributed by atoms with Crippen LogP contribution in [0.2, 0.25) is 0 Å². The number of hydrogen-bond donors (Lipinski definition) is 1. The summed E-state index contributed by atoms with van der Waals surface area (Å²) in [5.74, 6) is 5.97. The minimum Gasteiger partial charge on any atom is -0.378 e. The van der Waals surface area contributed by atoms with Gasteiger partial charge in [-0.3, -0.25) is 0 Å². The third-order valence-electron chi connectivity index (χ3n) is 2.85. The summed E-state index contributed by atoms with van der Waals surface area (Å²) in [4.78, 5) is 2.39. The average molecular weight is 195 g/mol. The fourth-order valence-corrected chi connectivity index (χ4v) is 1.79. The van der Waals surface area contributed by atoms with Gasteiger partial charge in [-0.1, -0.05) is 12.8 Å². The molecule has 0 spiro atoms. The van der Waals surface area contributed by atoms with E-state index in [4.69, 9.17) is 0 Å². The zero-order valence-electron chi connectivity index (χ0n) is 9.51. The van der Waals surface area contributed by atoms with E-state index in [1.807, 2.05) is 6.92 Å². The van der Waals surface area contributed by atoms with Crippen LogP contribution in [-0.2, 0) is 0 Å². The predicted molar refractivity (Wildman–Crippen MR) is 59.0 cm³/mol. The Morgan fingerprint density at radius 1 is 1.36 bits per heavy atom. The van der Waals surface area contributed by atoms with E-state index in [9.17, 15) is 5.11 Å². The van der Waals surface area contributed by atoms with Crippen LogP contribution in [0.3, 0.4) is 0 Å². The summed E-state index contributed by atoms with van der Waals surface area (Å²) in [6, 6.07) is 0.582. The fraction of sp³-hybridized carbons (Fsp3) is 0.833. The van der Waals surface area contributed by atoms with Crippen molar-refractivity contribution < 1.29 is 5.11 Å². The van der Waals surface area contributed by atoms with Gasteiger partial charge in [0.2, 0.25) is 0 Å². The van der Waals surface area contributed by atoms with Crippen LogP contribution in [0, 0.1) is 11.8 Å². The van der Waals surface area contributed by atoms with E-state index in [0.29, 0.717) is 6.04 Å². The molecule has 0 aromatic heterocycles. The van der Waals surface area contributed by atoms with Crippen LogP contribution in [0.5, 0.6) is 0 Å². The van der Waals surface area contributed by atoms with Crippen LogP contribution >= 0.6 is 0 Å². The first kappa shape index (κ1) is 11.6. The molecule has 0 atom stereocenters. The van der Waals surface area contributed by atoms with Crippen molar-refractivity contribution in [1.82, 2.24) is 4.90 Å². The van der Waals surface area contributed by atoms with Gasteiger partial charge in [-0.05, 0) is 13.8 Å².